The fourth-order valence-electron chi connectivity index (χ4n) is 2.42. The van der Waals surface area contributed by atoms with E-state index in [9.17, 15) is 9.59 Å². The first-order valence-electron chi connectivity index (χ1n) is 8.25. The highest BCUT2D eigenvalue weighted by atomic mass is 16.6. The van der Waals surface area contributed by atoms with E-state index in [-0.39, 0.29) is 6.09 Å². The summed E-state index contributed by atoms with van der Waals surface area (Å²) in [7, 11) is 0. The largest absolute Gasteiger partial charge is 0.444 e. The summed E-state index contributed by atoms with van der Waals surface area (Å²) >= 11 is 0. The lowest BCUT2D eigenvalue weighted by Gasteiger charge is -2.33. The third kappa shape index (κ3) is 8.38. The van der Waals surface area contributed by atoms with Gasteiger partial charge in [0.25, 0.3) is 0 Å². The van der Waals surface area contributed by atoms with E-state index in [1.165, 1.54) is 5.56 Å². The number of rotatable bonds is 2. The van der Waals surface area contributed by atoms with Crippen LogP contribution < -0.4 is 0 Å². The molecule has 1 aliphatic rings. The molecule has 0 spiro atoms. The lowest BCUT2D eigenvalue weighted by Crippen LogP contribution is -2.42. The molecular formula is C19H29NO3. The molecule has 0 N–H and O–H groups in total. The number of likely N-dealkylation sites (tertiary alicyclic amines) is 1. The van der Waals surface area contributed by atoms with Gasteiger partial charge in [-0.15, -0.1) is 0 Å². The minimum Gasteiger partial charge on any atom is -0.444 e. The summed E-state index contributed by atoms with van der Waals surface area (Å²) in [5, 5.41) is 0. The first-order chi connectivity index (χ1) is 10.8. The predicted molar refractivity (Wildman–Crippen MR) is 92.4 cm³/mol. The molecule has 4 nitrogen and oxygen atoms in total. The molecule has 4 heteroatoms. The van der Waals surface area contributed by atoms with Gasteiger partial charge >= 0.3 is 6.09 Å². The normalized spacial score (nSPS) is 17.7. The van der Waals surface area contributed by atoms with Gasteiger partial charge in [0.15, 0.2) is 0 Å². The molecule has 0 bridgehead atoms. The number of ether oxygens (including phenoxy) is 1. The third-order valence-electron chi connectivity index (χ3n) is 3.54. The highest BCUT2D eigenvalue weighted by molar-refractivity contribution is 5.68. The van der Waals surface area contributed by atoms with Crippen molar-refractivity contribution in [3.05, 3.63) is 35.9 Å². The average Bonchev–Trinajstić information content (AvgIpc) is 2.48. The number of carbonyl (C=O) groups excluding carboxylic acids is 2. The fourth-order valence-corrected chi connectivity index (χ4v) is 2.42. The van der Waals surface area contributed by atoms with Crippen molar-refractivity contribution in [3.8, 4) is 0 Å². The SMILES string of the molecule is CC(C)(C)OC(=O)N1CCCC(CC=O)C1.Cc1ccccc1. The molecule has 0 aliphatic carbocycles. The topological polar surface area (TPSA) is 46.6 Å². The summed E-state index contributed by atoms with van der Waals surface area (Å²) in [6.45, 7) is 9.05. The Balaban J connectivity index is 0.000000313. The first-order valence-corrected chi connectivity index (χ1v) is 8.25. The summed E-state index contributed by atoms with van der Waals surface area (Å²) in [5.74, 6) is 0.304. The lowest BCUT2D eigenvalue weighted by atomic mass is 9.96. The molecular weight excluding hydrogens is 290 g/mol. The van der Waals surface area contributed by atoms with Gasteiger partial charge < -0.3 is 14.4 Å². The number of hydrogen-bond acceptors (Lipinski definition) is 3. The highest BCUT2D eigenvalue weighted by Crippen LogP contribution is 2.20. The number of hydrogen-bond donors (Lipinski definition) is 0. The van der Waals surface area contributed by atoms with E-state index < -0.39 is 5.60 Å². The smallest absolute Gasteiger partial charge is 0.410 e. The number of aryl methyl sites for hydroxylation is 1. The molecule has 1 aromatic rings. The molecule has 1 fully saturated rings. The predicted octanol–water partition coefficient (Wildman–Crippen LogP) is 4.22. The van der Waals surface area contributed by atoms with Crippen molar-refractivity contribution in [1.29, 1.82) is 0 Å². The Kier molecular flexibility index (Phi) is 7.79. The van der Waals surface area contributed by atoms with E-state index in [0.29, 0.717) is 18.9 Å². The van der Waals surface area contributed by atoms with Gasteiger partial charge in [-0.3, -0.25) is 0 Å². The molecule has 1 heterocycles. The van der Waals surface area contributed by atoms with Gasteiger partial charge in [0, 0.05) is 19.5 Å². The maximum atomic E-state index is 11.8. The Morgan fingerprint density at radius 3 is 2.43 bits per heavy atom. The Morgan fingerprint density at radius 1 is 1.30 bits per heavy atom. The van der Waals surface area contributed by atoms with Gasteiger partial charge in [0.2, 0.25) is 0 Å². The number of benzene rings is 1. The van der Waals surface area contributed by atoms with Crippen LogP contribution >= 0.6 is 0 Å². The molecule has 1 saturated heterocycles. The molecule has 1 aliphatic heterocycles. The average molecular weight is 319 g/mol. The van der Waals surface area contributed by atoms with Crippen LogP contribution in [0, 0.1) is 12.8 Å². The highest BCUT2D eigenvalue weighted by Gasteiger charge is 2.27. The summed E-state index contributed by atoms with van der Waals surface area (Å²) in [6, 6.07) is 10.3. The van der Waals surface area contributed by atoms with Gasteiger partial charge in [0.05, 0.1) is 0 Å². The van der Waals surface area contributed by atoms with Crippen LogP contribution in [-0.2, 0) is 9.53 Å². The van der Waals surface area contributed by atoms with Crippen LogP contribution in [0.1, 0.15) is 45.6 Å². The minimum absolute atomic E-state index is 0.261. The molecule has 0 radical (unpaired) electrons. The van der Waals surface area contributed by atoms with Crippen molar-refractivity contribution in [2.45, 2.75) is 52.6 Å². The Hall–Kier alpha value is -1.84. The van der Waals surface area contributed by atoms with E-state index in [0.717, 1.165) is 25.7 Å². The molecule has 1 aromatic carbocycles. The number of aldehydes is 1. The Bertz CT molecular complexity index is 479. The number of amides is 1. The second-order valence-corrected chi connectivity index (χ2v) is 6.99. The quantitative estimate of drug-likeness (QED) is 0.767. The minimum atomic E-state index is -0.450. The Labute approximate surface area is 139 Å². The molecule has 0 aromatic heterocycles. The monoisotopic (exact) mass is 319 g/mol. The molecule has 23 heavy (non-hydrogen) atoms. The van der Waals surface area contributed by atoms with Crippen LogP contribution in [0.3, 0.4) is 0 Å². The maximum Gasteiger partial charge on any atom is 0.410 e. The van der Waals surface area contributed by atoms with E-state index in [1.807, 2.05) is 39.0 Å². The molecule has 2 rings (SSSR count). The van der Waals surface area contributed by atoms with Crippen molar-refractivity contribution in [2.75, 3.05) is 13.1 Å². The van der Waals surface area contributed by atoms with Crippen molar-refractivity contribution in [1.82, 2.24) is 4.90 Å². The van der Waals surface area contributed by atoms with Gasteiger partial charge in [-0.25, -0.2) is 4.79 Å². The number of carbonyl (C=O) groups is 2. The van der Waals surface area contributed by atoms with Gasteiger partial charge in [-0.2, -0.15) is 0 Å². The van der Waals surface area contributed by atoms with E-state index >= 15 is 0 Å². The molecule has 1 amide bonds. The van der Waals surface area contributed by atoms with E-state index in [1.54, 1.807) is 4.90 Å². The van der Waals surface area contributed by atoms with Gasteiger partial charge in [-0.1, -0.05) is 35.9 Å². The zero-order valence-corrected chi connectivity index (χ0v) is 14.7. The van der Waals surface area contributed by atoms with Gasteiger partial charge in [0.1, 0.15) is 11.9 Å². The molecule has 1 unspecified atom stereocenters. The van der Waals surface area contributed by atoms with Crippen molar-refractivity contribution < 1.29 is 14.3 Å². The van der Waals surface area contributed by atoms with Crippen LogP contribution in [0.15, 0.2) is 30.3 Å². The van der Waals surface area contributed by atoms with E-state index in [2.05, 4.69) is 19.1 Å². The maximum absolute atomic E-state index is 11.8. The van der Waals surface area contributed by atoms with Crippen molar-refractivity contribution >= 4 is 12.4 Å². The standard InChI is InChI=1S/C12H21NO3.C7H8/c1-12(2,3)16-11(15)13-7-4-5-10(9-13)6-8-14;1-7-5-3-2-4-6-7/h8,10H,4-7,9H2,1-3H3;2-6H,1H3. The fraction of sp³-hybridized carbons (Fsp3) is 0.579. The van der Waals surface area contributed by atoms with Crippen LogP contribution in [0.2, 0.25) is 0 Å². The van der Waals surface area contributed by atoms with Crippen LogP contribution in [-0.4, -0.2) is 36.0 Å². The lowest BCUT2D eigenvalue weighted by molar-refractivity contribution is -0.109. The van der Waals surface area contributed by atoms with Crippen molar-refractivity contribution in [2.24, 2.45) is 5.92 Å². The van der Waals surface area contributed by atoms with Crippen LogP contribution in [0.5, 0.6) is 0 Å². The second kappa shape index (κ2) is 9.33. The Morgan fingerprint density at radius 2 is 1.96 bits per heavy atom. The zero-order chi connectivity index (χ0) is 17.3. The zero-order valence-electron chi connectivity index (χ0n) is 14.7. The summed E-state index contributed by atoms with van der Waals surface area (Å²) < 4.78 is 5.30. The first kappa shape index (κ1) is 19.2. The molecule has 128 valence electrons. The number of nitrogens with zero attached hydrogens (tertiary/aromatic N) is 1. The van der Waals surface area contributed by atoms with Crippen LogP contribution in [0.25, 0.3) is 0 Å². The van der Waals surface area contributed by atoms with Gasteiger partial charge in [-0.05, 0) is 46.5 Å². The van der Waals surface area contributed by atoms with E-state index in [4.69, 9.17) is 4.74 Å². The molecule has 0 saturated carbocycles. The summed E-state index contributed by atoms with van der Waals surface area (Å²) in [6.07, 6.45) is 3.20. The third-order valence-corrected chi connectivity index (χ3v) is 3.54. The summed E-state index contributed by atoms with van der Waals surface area (Å²) in [5.41, 5.74) is 0.872. The van der Waals surface area contributed by atoms with Crippen LogP contribution in [0.4, 0.5) is 4.79 Å². The summed E-state index contributed by atoms with van der Waals surface area (Å²) in [4.78, 5) is 23.9. The number of piperidine rings is 1. The second-order valence-electron chi connectivity index (χ2n) is 6.99. The van der Waals surface area contributed by atoms with Crippen molar-refractivity contribution in [3.63, 3.8) is 0 Å². The molecule has 1 atom stereocenters.